The number of H-pyrrole nitrogens is 1. The Kier molecular flexibility index (Phi) is 7.40. The first kappa shape index (κ1) is 24.0. The molecule has 32 heavy (non-hydrogen) atoms. The van der Waals surface area contributed by atoms with Crippen LogP contribution in [0, 0.1) is 19.8 Å². The second kappa shape index (κ2) is 9.86. The van der Waals surface area contributed by atoms with Crippen LogP contribution < -0.4 is 5.56 Å². The number of aromatic amines is 1. The molecule has 9 nitrogen and oxygen atoms in total. The average Bonchev–Trinajstić information content (AvgIpc) is 3.23. The van der Waals surface area contributed by atoms with E-state index in [1.807, 2.05) is 13.8 Å². The van der Waals surface area contributed by atoms with Crippen LogP contribution in [-0.4, -0.2) is 45.7 Å². The van der Waals surface area contributed by atoms with Gasteiger partial charge in [0.15, 0.2) is 5.16 Å². The summed E-state index contributed by atoms with van der Waals surface area (Å²) >= 11 is 2.52. The van der Waals surface area contributed by atoms with E-state index in [4.69, 9.17) is 9.47 Å². The van der Waals surface area contributed by atoms with E-state index < -0.39 is 17.5 Å². The Morgan fingerprint density at radius 2 is 1.91 bits per heavy atom. The van der Waals surface area contributed by atoms with Gasteiger partial charge in [-0.3, -0.25) is 9.59 Å². The number of thioether (sulfide) groups is 1. The van der Waals surface area contributed by atoms with E-state index in [1.165, 1.54) is 26.0 Å². The van der Waals surface area contributed by atoms with Crippen LogP contribution in [0.15, 0.2) is 9.95 Å². The molecule has 0 radical (unpaired) electrons. The quantitative estimate of drug-likeness (QED) is 0.387. The van der Waals surface area contributed by atoms with E-state index in [0.717, 1.165) is 34.4 Å². The number of esters is 2. The molecule has 0 unspecified atom stereocenters. The standard InChI is InChI=1S/C21H26N4O5S2/c1-10(2)8-25-12(4)11(3)22-21(25)31-9-14-23-18(27)16-13(7-15(26)29-5)17(20(28)30-6)32-19(16)24-14/h10H,7-9H2,1-6H3,(H,23,24,27). The number of thiophene rings is 1. The van der Waals surface area contributed by atoms with Crippen molar-refractivity contribution in [1.29, 1.82) is 0 Å². The monoisotopic (exact) mass is 478 g/mol. The molecular weight excluding hydrogens is 452 g/mol. The summed E-state index contributed by atoms with van der Waals surface area (Å²) in [5.41, 5.74) is 1.95. The van der Waals surface area contributed by atoms with Crippen LogP contribution in [0.4, 0.5) is 0 Å². The number of nitrogens with one attached hydrogen (secondary N) is 1. The highest BCUT2D eigenvalue weighted by Gasteiger charge is 2.25. The fourth-order valence-corrected chi connectivity index (χ4v) is 5.37. The Hall–Kier alpha value is -2.66. The van der Waals surface area contributed by atoms with Gasteiger partial charge in [0.05, 0.1) is 37.5 Å². The number of aromatic nitrogens is 4. The van der Waals surface area contributed by atoms with E-state index in [1.54, 1.807) is 0 Å². The number of imidazole rings is 1. The minimum Gasteiger partial charge on any atom is -0.469 e. The fourth-order valence-electron chi connectivity index (χ4n) is 3.27. The highest BCUT2D eigenvalue weighted by Crippen LogP contribution is 2.30. The largest absolute Gasteiger partial charge is 0.469 e. The molecular formula is C21H26N4O5S2. The highest BCUT2D eigenvalue weighted by atomic mass is 32.2. The summed E-state index contributed by atoms with van der Waals surface area (Å²) in [5, 5.41) is 1.08. The molecule has 3 rings (SSSR count). The van der Waals surface area contributed by atoms with Crippen molar-refractivity contribution in [2.45, 2.75) is 51.6 Å². The van der Waals surface area contributed by atoms with Gasteiger partial charge in [-0.25, -0.2) is 14.8 Å². The minimum atomic E-state index is -0.621. The van der Waals surface area contributed by atoms with Crippen LogP contribution in [0.1, 0.15) is 46.3 Å². The molecule has 1 N–H and O–H groups in total. The second-order valence-electron chi connectivity index (χ2n) is 7.71. The lowest BCUT2D eigenvalue weighted by molar-refractivity contribution is -0.139. The summed E-state index contributed by atoms with van der Waals surface area (Å²) in [6.45, 7) is 9.17. The Morgan fingerprint density at radius 1 is 1.19 bits per heavy atom. The van der Waals surface area contributed by atoms with Gasteiger partial charge in [0.25, 0.3) is 5.56 Å². The van der Waals surface area contributed by atoms with Gasteiger partial charge in [-0.05, 0) is 19.8 Å². The topological polar surface area (TPSA) is 116 Å². The Balaban J connectivity index is 1.97. The van der Waals surface area contributed by atoms with Gasteiger partial charge in [0.2, 0.25) is 0 Å². The fraction of sp³-hybridized carbons (Fsp3) is 0.476. The molecule has 0 amide bonds. The molecule has 3 heterocycles. The van der Waals surface area contributed by atoms with Gasteiger partial charge in [-0.1, -0.05) is 25.6 Å². The predicted molar refractivity (Wildman–Crippen MR) is 123 cm³/mol. The maximum Gasteiger partial charge on any atom is 0.348 e. The van der Waals surface area contributed by atoms with Crippen LogP contribution in [-0.2, 0) is 33.0 Å². The normalized spacial score (nSPS) is 11.3. The second-order valence-corrected chi connectivity index (χ2v) is 9.65. The van der Waals surface area contributed by atoms with Crippen LogP contribution in [0.3, 0.4) is 0 Å². The molecule has 172 valence electrons. The van der Waals surface area contributed by atoms with Crippen molar-refractivity contribution in [3.05, 3.63) is 38.0 Å². The van der Waals surface area contributed by atoms with Crippen LogP contribution in [0.25, 0.3) is 10.2 Å². The van der Waals surface area contributed by atoms with Crippen molar-refractivity contribution < 1.29 is 19.1 Å². The predicted octanol–water partition coefficient (Wildman–Crippen LogP) is 3.25. The lowest BCUT2D eigenvalue weighted by Gasteiger charge is -2.12. The first-order valence-electron chi connectivity index (χ1n) is 10.0. The number of fused-ring (bicyclic) bond motifs is 1. The summed E-state index contributed by atoms with van der Waals surface area (Å²) in [4.78, 5) is 49.5. The molecule has 0 saturated heterocycles. The number of methoxy groups -OCH3 is 2. The van der Waals surface area contributed by atoms with Crippen LogP contribution in [0.2, 0.25) is 0 Å². The molecule has 0 bridgehead atoms. The van der Waals surface area contributed by atoms with Crippen molar-refractivity contribution in [3.8, 4) is 0 Å². The maximum absolute atomic E-state index is 12.9. The Labute approximate surface area is 193 Å². The maximum atomic E-state index is 12.9. The van der Waals surface area contributed by atoms with Crippen LogP contribution >= 0.6 is 23.1 Å². The number of hydrogen-bond donors (Lipinski definition) is 1. The molecule has 0 aliphatic rings. The van der Waals surface area contributed by atoms with Crippen molar-refractivity contribution in [1.82, 2.24) is 19.5 Å². The molecule has 0 fully saturated rings. The number of nitrogens with zero attached hydrogens (tertiary/aromatic N) is 3. The van der Waals surface area contributed by atoms with Gasteiger partial charge in [0.1, 0.15) is 15.5 Å². The first-order valence-corrected chi connectivity index (χ1v) is 11.8. The lowest BCUT2D eigenvalue weighted by atomic mass is 10.1. The van der Waals surface area contributed by atoms with Crippen molar-refractivity contribution in [2.24, 2.45) is 5.92 Å². The minimum absolute atomic E-state index is 0.175. The van der Waals surface area contributed by atoms with Crippen molar-refractivity contribution in [2.75, 3.05) is 14.2 Å². The molecule has 0 aromatic carbocycles. The molecule has 0 atom stereocenters. The molecule has 0 saturated carbocycles. The van der Waals surface area contributed by atoms with E-state index in [9.17, 15) is 14.4 Å². The van der Waals surface area contributed by atoms with E-state index in [-0.39, 0.29) is 22.2 Å². The summed E-state index contributed by atoms with van der Waals surface area (Å²) in [7, 11) is 2.50. The number of aryl methyl sites for hydroxylation is 1. The summed E-state index contributed by atoms with van der Waals surface area (Å²) in [5.74, 6) is 0.147. The highest BCUT2D eigenvalue weighted by molar-refractivity contribution is 7.98. The third kappa shape index (κ3) is 4.88. The zero-order chi connectivity index (χ0) is 23.6. The average molecular weight is 479 g/mol. The number of carbonyl (C=O) groups excluding carboxylic acids is 2. The number of hydrogen-bond acceptors (Lipinski definition) is 9. The van der Waals surface area contributed by atoms with E-state index in [0.29, 0.717) is 22.3 Å². The Morgan fingerprint density at radius 3 is 2.53 bits per heavy atom. The first-order chi connectivity index (χ1) is 15.2. The zero-order valence-electron chi connectivity index (χ0n) is 18.9. The lowest BCUT2D eigenvalue weighted by Crippen LogP contribution is -2.15. The SMILES string of the molecule is COC(=O)Cc1c(C(=O)OC)sc2nc(CSc3nc(C)c(C)n3CC(C)C)[nH]c(=O)c12. The summed E-state index contributed by atoms with van der Waals surface area (Å²) < 4.78 is 11.7. The number of ether oxygens (including phenoxy) is 2. The molecule has 11 heteroatoms. The van der Waals surface area contributed by atoms with Gasteiger partial charge in [-0.15, -0.1) is 11.3 Å². The molecule has 3 aromatic rings. The molecule has 0 aliphatic carbocycles. The third-order valence-corrected chi connectivity index (χ3v) is 7.03. The van der Waals surface area contributed by atoms with E-state index >= 15 is 0 Å². The molecule has 0 aliphatic heterocycles. The zero-order valence-corrected chi connectivity index (χ0v) is 20.5. The van der Waals surface area contributed by atoms with E-state index in [2.05, 4.69) is 33.4 Å². The summed E-state index contributed by atoms with van der Waals surface area (Å²) in [6, 6.07) is 0. The molecule has 0 spiro atoms. The van der Waals surface area contributed by atoms with Crippen molar-refractivity contribution in [3.63, 3.8) is 0 Å². The molecule has 3 aromatic heterocycles. The smallest absolute Gasteiger partial charge is 0.348 e. The van der Waals surface area contributed by atoms with Crippen LogP contribution in [0.5, 0.6) is 0 Å². The summed E-state index contributed by atoms with van der Waals surface area (Å²) in [6.07, 6.45) is -0.217. The van der Waals surface area contributed by atoms with Gasteiger partial charge in [-0.2, -0.15) is 0 Å². The van der Waals surface area contributed by atoms with Gasteiger partial charge >= 0.3 is 11.9 Å². The third-order valence-electron chi connectivity index (χ3n) is 4.94. The number of rotatable bonds is 8. The number of carbonyl (C=O) groups is 2. The van der Waals surface area contributed by atoms with Crippen molar-refractivity contribution >= 4 is 45.3 Å². The van der Waals surface area contributed by atoms with Gasteiger partial charge in [0, 0.05) is 17.8 Å². The van der Waals surface area contributed by atoms with Gasteiger partial charge < -0.3 is 19.0 Å². The Bertz CT molecular complexity index is 1230.